The fraction of sp³-hybridized carbons (Fsp3) is 0.133. The van der Waals surface area contributed by atoms with Gasteiger partial charge in [0.1, 0.15) is 0 Å². The van der Waals surface area contributed by atoms with E-state index in [9.17, 15) is 4.79 Å². The molecule has 2 aromatic carbocycles. The minimum atomic E-state index is -0.271. The predicted octanol–water partition coefficient (Wildman–Crippen LogP) is 4.16. The molecule has 0 atom stereocenters. The number of nitrogens with one attached hydrogen (secondary N) is 2. The van der Waals surface area contributed by atoms with Gasteiger partial charge in [-0.3, -0.25) is 0 Å². The maximum atomic E-state index is 12.0. The molecule has 20 heavy (non-hydrogen) atoms. The van der Waals surface area contributed by atoms with E-state index in [1.807, 2.05) is 67.5 Å². The first-order chi connectivity index (χ1) is 9.56. The topological polar surface area (TPSA) is 44.4 Å². The molecule has 0 saturated heterocycles. The van der Waals surface area contributed by atoms with Gasteiger partial charge < -0.3 is 15.5 Å². The highest BCUT2D eigenvalue weighted by Gasteiger charge is 2.05. The number of amides is 2. The summed E-state index contributed by atoms with van der Waals surface area (Å²) >= 11 is 3.39. The van der Waals surface area contributed by atoms with Crippen LogP contribution >= 0.6 is 15.9 Å². The van der Waals surface area contributed by atoms with E-state index < -0.39 is 0 Å². The summed E-state index contributed by atoms with van der Waals surface area (Å²) < 4.78 is 0.845. The Morgan fingerprint density at radius 3 is 2.50 bits per heavy atom. The van der Waals surface area contributed by atoms with Gasteiger partial charge >= 0.3 is 6.03 Å². The van der Waals surface area contributed by atoms with E-state index in [4.69, 9.17) is 0 Å². The van der Waals surface area contributed by atoms with Crippen LogP contribution in [0.3, 0.4) is 0 Å². The molecule has 2 rings (SSSR count). The number of urea groups is 1. The molecule has 2 N–H and O–H groups in total. The smallest absolute Gasteiger partial charge is 0.323 e. The van der Waals surface area contributed by atoms with Gasteiger partial charge in [0.15, 0.2) is 0 Å². The lowest BCUT2D eigenvalue weighted by Gasteiger charge is -2.14. The Hall–Kier alpha value is -2.01. The Balaban J connectivity index is 2.05. The average Bonchev–Trinajstić information content (AvgIpc) is 2.41. The van der Waals surface area contributed by atoms with Crippen molar-refractivity contribution >= 4 is 39.0 Å². The first-order valence-electron chi connectivity index (χ1n) is 6.16. The number of rotatable bonds is 3. The first kappa shape index (κ1) is 14.4. The Bertz CT molecular complexity index is 614. The molecule has 2 amide bonds. The molecule has 0 radical (unpaired) electrons. The van der Waals surface area contributed by atoms with E-state index in [-0.39, 0.29) is 6.03 Å². The van der Waals surface area contributed by atoms with Gasteiger partial charge in [0, 0.05) is 29.9 Å². The number of para-hydroxylation sites is 1. The number of carbonyl (C=O) groups excluding carboxylic acids is 1. The Kier molecular flexibility index (Phi) is 4.63. The number of anilines is 3. The van der Waals surface area contributed by atoms with Crippen molar-refractivity contribution < 1.29 is 4.79 Å². The second-order valence-corrected chi connectivity index (χ2v) is 5.36. The lowest BCUT2D eigenvalue weighted by atomic mass is 10.2. The van der Waals surface area contributed by atoms with Crippen LogP contribution in [-0.2, 0) is 0 Å². The third-order valence-corrected chi connectivity index (χ3v) is 3.43. The van der Waals surface area contributed by atoms with Crippen LogP contribution in [0.1, 0.15) is 0 Å². The molecule has 0 aromatic heterocycles. The largest absolute Gasteiger partial charge is 0.378 e. The van der Waals surface area contributed by atoms with Crippen LogP contribution in [0.4, 0.5) is 21.9 Å². The molecule has 0 heterocycles. The van der Waals surface area contributed by atoms with Crippen LogP contribution in [0.25, 0.3) is 0 Å². The number of benzene rings is 2. The third kappa shape index (κ3) is 3.74. The van der Waals surface area contributed by atoms with Crippen LogP contribution in [-0.4, -0.2) is 20.1 Å². The molecule has 0 aliphatic rings. The lowest BCUT2D eigenvalue weighted by molar-refractivity contribution is 0.262. The van der Waals surface area contributed by atoms with Crippen molar-refractivity contribution in [2.45, 2.75) is 0 Å². The number of nitrogens with zero attached hydrogens (tertiary/aromatic N) is 1. The van der Waals surface area contributed by atoms with Crippen molar-refractivity contribution in [3.8, 4) is 0 Å². The van der Waals surface area contributed by atoms with Gasteiger partial charge in [0.2, 0.25) is 0 Å². The molecule has 0 aliphatic heterocycles. The van der Waals surface area contributed by atoms with Gasteiger partial charge in [-0.25, -0.2) is 4.79 Å². The third-order valence-electron chi connectivity index (χ3n) is 2.74. The molecule has 0 unspecified atom stereocenters. The van der Waals surface area contributed by atoms with Gasteiger partial charge in [-0.15, -0.1) is 0 Å². The number of carbonyl (C=O) groups is 1. The van der Waals surface area contributed by atoms with Crippen molar-refractivity contribution in [1.82, 2.24) is 0 Å². The summed E-state index contributed by atoms with van der Waals surface area (Å²) in [5.41, 5.74) is 2.51. The highest BCUT2D eigenvalue weighted by atomic mass is 79.9. The number of halogens is 1. The zero-order valence-electron chi connectivity index (χ0n) is 11.4. The Labute approximate surface area is 126 Å². The normalized spacial score (nSPS) is 9.95. The summed E-state index contributed by atoms with van der Waals surface area (Å²) in [6.07, 6.45) is 0. The molecule has 4 nitrogen and oxygen atoms in total. The SMILES string of the molecule is CN(C)c1cccc(NC(=O)Nc2ccccc2Br)c1. The molecular weight excluding hydrogens is 318 g/mol. The predicted molar refractivity (Wildman–Crippen MR) is 87.6 cm³/mol. The zero-order chi connectivity index (χ0) is 14.5. The van der Waals surface area contributed by atoms with Gasteiger partial charge in [-0.05, 0) is 46.3 Å². The Morgan fingerprint density at radius 1 is 1.05 bits per heavy atom. The maximum Gasteiger partial charge on any atom is 0.323 e. The number of hydrogen-bond acceptors (Lipinski definition) is 2. The molecule has 0 bridgehead atoms. The van der Waals surface area contributed by atoms with Crippen molar-refractivity contribution in [3.63, 3.8) is 0 Å². The fourth-order valence-corrected chi connectivity index (χ4v) is 2.09. The van der Waals surface area contributed by atoms with Crippen LogP contribution in [0.2, 0.25) is 0 Å². The van der Waals surface area contributed by atoms with Gasteiger partial charge in [-0.1, -0.05) is 18.2 Å². The quantitative estimate of drug-likeness (QED) is 0.885. The van der Waals surface area contributed by atoms with Crippen LogP contribution in [0.5, 0.6) is 0 Å². The fourth-order valence-electron chi connectivity index (χ4n) is 1.71. The van der Waals surface area contributed by atoms with Crippen molar-refractivity contribution in [1.29, 1.82) is 0 Å². The van der Waals surface area contributed by atoms with Crippen LogP contribution in [0.15, 0.2) is 53.0 Å². The van der Waals surface area contributed by atoms with Gasteiger partial charge in [0.25, 0.3) is 0 Å². The lowest BCUT2D eigenvalue weighted by Crippen LogP contribution is -2.20. The first-order valence-corrected chi connectivity index (χ1v) is 6.95. The molecule has 0 aliphatic carbocycles. The average molecular weight is 334 g/mol. The Morgan fingerprint density at radius 2 is 1.80 bits per heavy atom. The van der Waals surface area contributed by atoms with Crippen molar-refractivity contribution in [2.24, 2.45) is 0 Å². The molecule has 104 valence electrons. The van der Waals surface area contributed by atoms with E-state index in [0.29, 0.717) is 0 Å². The highest BCUT2D eigenvalue weighted by molar-refractivity contribution is 9.10. The van der Waals surface area contributed by atoms with E-state index >= 15 is 0 Å². The van der Waals surface area contributed by atoms with Gasteiger partial charge in [0.05, 0.1) is 5.69 Å². The summed E-state index contributed by atoms with van der Waals surface area (Å²) in [7, 11) is 3.92. The van der Waals surface area contributed by atoms with E-state index in [1.54, 1.807) is 0 Å². The highest BCUT2D eigenvalue weighted by Crippen LogP contribution is 2.22. The summed E-state index contributed by atoms with van der Waals surface area (Å²) in [5.74, 6) is 0. The molecular formula is C15H16BrN3O. The molecule has 5 heteroatoms. The minimum absolute atomic E-state index is 0.271. The monoisotopic (exact) mass is 333 g/mol. The standard InChI is InChI=1S/C15H16BrN3O/c1-19(2)12-7-5-6-11(10-12)17-15(20)18-14-9-4-3-8-13(14)16/h3-10H,1-2H3,(H2,17,18,20). The van der Waals surface area contributed by atoms with E-state index in [2.05, 4.69) is 26.6 Å². The summed E-state index contributed by atoms with van der Waals surface area (Å²) in [6, 6.07) is 14.9. The number of hydrogen-bond donors (Lipinski definition) is 2. The van der Waals surface area contributed by atoms with Crippen LogP contribution in [0, 0.1) is 0 Å². The molecule has 0 saturated carbocycles. The minimum Gasteiger partial charge on any atom is -0.378 e. The molecule has 0 fully saturated rings. The summed E-state index contributed by atoms with van der Waals surface area (Å²) in [4.78, 5) is 13.9. The second kappa shape index (κ2) is 6.43. The van der Waals surface area contributed by atoms with E-state index in [1.165, 1.54) is 0 Å². The zero-order valence-corrected chi connectivity index (χ0v) is 12.9. The summed E-state index contributed by atoms with van der Waals surface area (Å²) in [5, 5.41) is 5.61. The van der Waals surface area contributed by atoms with Gasteiger partial charge in [-0.2, -0.15) is 0 Å². The van der Waals surface area contributed by atoms with E-state index in [0.717, 1.165) is 21.5 Å². The maximum absolute atomic E-state index is 12.0. The summed E-state index contributed by atoms with van der Waals surface area (Å²) in [6.45, 7) is 0. The van der Waals surface area contributed by atoms with Crippen LogP contribution < -0.4 is 15.5 Å². The molecule has 0 spiro atoms. The second-order valence-electron chi connectivity index (χ2n) is 4.50. The molecule has 2 aromatic rings. The van der Waals surface area contributed by atoms with Crippen molar-refractivity contribution in [2.75, 3.05) is 29.6 Å². The van der Waals surface area contributed by atoms with Crippen molar-refractivity contribution in [3.05, 3.63) is 53.0 Å².